The van der Waals surface area contributed by atoms with Gasteiger partial charge in [0.15, 0.2) is 9.84 Å². The molecule has 4 rings (SSSR count). The summed E-state index contributed by atoms with van der Waals surface area (Å²) in [5, 5.41) is 0. The smallest absolute Gasteiger partial charge is 0.337 e. The Balaban J connectivity index is 1.95. The summed E-state index contributed by atoms with van der Waals surface area (Å²) in [5.74, 6) is -3.84. The monoisotopic (exact) mass is 745 g/mol. The van der Waals surface area contributed by atoms with Gasteiger partial charge in [-0.3, -0.25) is 4.79 Å². The number of halogens is 11. The van der Waals surface area contributed by atoms with E-state index in [-0.39, 0.29) is 22.1 Å². The molecule has 1 aliphatic heterocycles. The Morgan fingerprint density at radius 2 is 1.55 bits per heavy atom. The third kappa shape index (κ3) is 4.87. The van der Waals surface area contributed by atoms with Gasteiger partial charge in [0.05, 0.1) is 10.9 Å². The highest BCUT2D eigenvalue weighted by Gasteiger charge is 2.74. The average molecular weight is 745 g/mol. The van der Waals surface area contributed by atoms with Gasteiger partial charge in [0, 0.05) is 15.7 Å². The predicted octanol–water partition coefficient (Wildman–Crippen LogP) is 7.39. The molecule has 1 unspecified atom stereocenters. The van der Waals surface area contributed by atoms with Crippen LogP contribution in [0.15, 0.2) is 47.4 Å². The Morgan fingerprint density at radius 3 is 2.05 bits per heavy atom. The minimum Gasteiger partial charge on any atom is -0.337 e. The van der Waals surface area contributed by atoms with Crippen LogP contribution >= 0.6 is 22.6 Å². The molecule has 0 aromatic heterocycles. The number of aryl methyl sites for hydroxylation is 1. The van der Waals surface area contributed by atoms with Crippen molar-refractivity contribution in [1.29, 1.82) is 0 Å². The molecule has 2 aromatic carbocycles. The third-order valence-electron chi connectivity index (χ3n) is 8.05. The molecule has 0 spiro atoms. The van der Waals surface area contributed by atoms with Crippen molar-refractivity contribution in [1.82, 2.24) is 4.90 Å². The Bertz CT molecular complexity index is 1460. The molecule has 42 heavy (non-hydrogen) atoms. The molecule has 1 heterocycles. The predicted molar refractivity (Wildman–Crippen MR) is 138 cm³/mol. The number of nitrogens with zero attached hydrogens (tertiary/aromatic N) is 1. The molecule has 2 aliphatic rings. The van der Waals surface area contributed by atoms with Gasteiger partial charge in [-0.1, -0.05) is 25.1 Å². The van der Waals surface area contributed by atoms with Crippen molar-refractivity contribution in [3.8, 4) is 0 Å². The molecule has 0 radical (unpaired) electrons. The van der Waals surface area contributed by atoms with Gasteiger partial charge in [-0.2, -0.15) is 39.5 Å². The van der Waals surface area contributed by atoms with Crippen LogP contribution in [0.3, 0.4) is 0 Å². The maximum Gasteiger partial charge on any atom is 0.435 e. The fourth-order valence-corrected chi connectivity index (χ4v) is 8.79. The van der Waals surface area contributed by atoms with Crippen LogP contribution in [0.2, 0.25) is 0 Å². The molecule has 1 aliphatic carbocycles. The van der Waals surface area contributed by atoms with Gasteiger partial charge < -0.3 is 4.90 Å². The van der Waals surface area contributed by atoms with E-state index < -0.39 is 94.4 Å². The van der Waals surface area contributed by atoms with Crippen LogP contribution in [-0.2, 0) is 31.5 Å². The number of carbonyl (C=O) groups is 1. The minimum atomic E-state index is -6.41. The van der Waals surface area contributed by atoms with E-state index in [1.165, 1.54) is 24.3 Å². The van der Waals surface area contributed by atoms with Gasteiger partial charge in [0.1, 0.15) is 10.7 Å². The lowest BCUT2D eigenvalue weighted by molar-refractivity contribution is -0.348. The first-order valence-corrected chi connectivity index (χ1v) is 15.0. The quantitative estimate of drug-likeness (QED) is 0.237. The first kappa shape index (κ1) is 32.8. The molecule has 4 nitrogen and oxygen atoms in total. The maximum atomic E-state index is 14.9. The molecule has 16 heteroatoms. The number of fused-ring (bicyclic) bond motifs is 3. The number of rotatable bonds is 5. The average Bonchev–Trinajstić information content (AvgIpc) is 3.28. The van der Waals surface area contributed by atoms with Crippen molar-refractivity contribution in [3.63, 3.8) is 0 Å². The lowest BCUT2D eigenvalue weighted by Crippen LogP contribution is -2.54. The lowest BCUT2D eigenvalue weighted by atomic mass is 9.76. The summed E-state index contributed by atoms with van der Waals surface area (Å²) >= 11 is 1.89. The van der Waals surface area contributed by atoms with Crippen LogP contribution in [0, 0.1) is 9.49 Å². The number of alkyl halides is 10. The fraction of sp³-hybridized carbons (Fsp3) is 0.500. The van der Waals surface area contributed by atoms with Crippen LogP contribution in [-0.4, -0.2) is 50.3 Å². The molecule has 3 atom stereocenters. The summed E-state index contributed by atoms with van der Waals surface area (Å²) < 4.78 is 164. The molecule has 0 N–H and O–H groups in total. The topological polar surface area (TPSA) is 54.5 Å². The zero-order valence-electron chi connectivity index (χ0n) is 21.5. The van der Waals surface area contributed by atoms with E-state index in [0.29, 0.717) is 15.7 Å². The summed E-state index contributed by atoms with van der Waals surface area (Å²) in [5.41, 5.74) is -8.21. The van der Waals surface area contributed by atoms with E-state index in [2.05, 4.69) is 0 Å². The number of hydrogen-bond donors (Lipinski definition) is 0. The number of benzene rings is 2. The second-order valence-electron chi connectivity index (χ2n) is 10.2. The van der Waals surface area contributed by atoms with Gasteiger partial charge >= 0.3 is 24.2 Å². The SMILES string of the molecule is CCC(C(=O)N1CC[C@@]2(S(=O)(=O)c3ccc(I)cc3)c3ccc(C(F)(C(F)(F)F)C(F)(F)F)cc3CC[C@@H]12)C(F)(F)F. The van der Waals surface area contributed by atoms with Gasteiger partial charge in [0.25, 0.3) is 0 Å². The molecule has 1 saturated heterocycles. The van der Waals surface area contributed by atoms with Crippen LogP contribution in [0.5, 0.6) is 0 Å². The maximum absolute atomic E-state index is 14.9. The number of hydrogen-bond acceptors (Lipinski definition) is 3. The molecule has 232 valence electrons. The molecule has 0 bridgehead atoms. The first-order chi connectivity index (χ1) is 19.1. The largest absolute Gasteiger partial charge is 0.435 e. The van der Waals surface area contributed by atoms with Crippen LogP contribution in [0.4, 0.5) is 43.9 Å². The van der Waals surface area contributed by atoms with E-state index in [9.17, 15) is 57.1 Å². The van der Waals surface area contributed by atoms with E-state index in [1.807, 2.05) is 22.6 Å². The first-order valence-electron chi connectivity index (χ1n) is 12.5. The second-order valence-corrected chi connectivity index (χ2v) is 13.7. The van der Waals surface area contributed by atoms with Crippen LogP contribution < -0.4 is 0 Å². The van der Waals surface area contributed by atoms with Crippen molar-refractivity contribution in [2.45, 2.75) is 72.5 Å². The summed E-state index contributed by atoms with van der Waals surface area (Å²) in [6.07, 6.45) is -19.7. The highest BCUT2D eigenvalue weighted by Crippen LogP contribution is 2.57. The normalized spacial score (nSPS) is 22.5. The van der Waals surface area contributed by atoms with E-state index >= 15 is 0 Å². The summed E-state index contributed by atoms with van der Waals surface area (Å²) in [4.78, 5) is 13.6. The summed E-state index contributed by atoms with van der Waals surface area (Å²) in [6, 6.07) is 5.00. The molecule has 1 amide bonds. The van der Waals surface area contributed by atoms with Crippen molar-refractivity contribution in [3.05, 3.63) is 62.7 Å². The number of carbonyl (C=O) groups excluding carboxylic acids is 1. The minimum absolute atomic E-state index is 0.197. The molecule has 2 aromatic rings. The molecule has 0 saturated carbocycles. The van der Waals surface area contributed by atoms with Gasteiger partial charge in [-0.25, -0.2) is 12.8 Å². The van der Waals surface area contributed by atoms with E-state index in [4.69, 9.17) is 0 Å². The van der Waals surface area contributed by atoms with Crippen molar-refractivity contribution in [2.24, 2.45) is 5.92 Å². The van der Waals surface area contributed by atoms with E-state index in [0.717, 1.165) is 11.8 Å². The Morgan fingerprint density at radius 1 is 0.976 bits per heavy atom. The second kappa shape index (κ2) is 10.5. The number of likely N-dealkylation sites (tertiary alicyclic amines) is 1. The third-order valence-corrected chi connectivity index (χ3v) is 11.3. The number of sulfone groups is 1. The zero-order valence-corrected chi connectivity index (χ0v) is 24.4. The fourth-order valence-electron chi connectivity index (χ4n) is 6.06. The van der Waals surface area contributed by atoms with Crippen LogP contribution in [0.25, 0.3) is 0 Å². The zero-order chi connectivity index (χ0) is 31.7. The highest BCUT2D eigenvalue weighted by molar-refractivity contribution is 14.1. The van der Waals surface area contributed by atoms with Crippen LogP contribution in [0.1, 0.15) is 42.9 Å². The summed E-state index contributed by atoms with van der Waals surface area (Å²) in [6.45, 7) is 0.656. The Kier molecular flexibility index (Phi) is 8.21. The highest BCUT2D eigenvalue weighted by atomic mass is 127. The molecule has 1 fully saturated rings. The van der Waals surface area contributed by atoms with Gasteiger partial charge in [-0.15, -0.1) is 0 Å². The Labute approximate surface area is 247 Å². The van der Waals surface area contributed by atoms with Crippen molar-refractivity contribution >= 4 is 38.3 Å². The van der Waals surface area contributed by atoms with E-state index in [1.54, 1.807) is 0 Å². The van der Waals surface area contributed by atoms with Crippen molar-refractivity contribution < 1.29 is 57.1 Å². The number of amides is 1. The van der Waals surface area contributed by atoms with Gasteiger partial charge in [-0.05, 0) is 83.7 Å². The molecular weight excluding hydrogens is 723 g/mol. The Hall–Kier alpha value is -2.11. The molecular formula is C26H22F10INO3S. The van der Waals surface area contributed by atoms with Crippen molar-refractivity contribution in [2.75, 3.05) is 6.54 Å². The summed E-state index contributed by atoms with van der Waals surface area (Å²) in [7, 11) is -4.65. The lowest BCUT2D eigenvalue weighted by Gasteiger charge is -2.43. The van der Waals surface area contributed by atoms with Gasteiger partial charge in [0.2, 0.25) is 5.91 Å². The standard InChI is InChI=1S/C26H22F10INO3S/c1-2-18(24(28,29)30)21(39)38-12-11-22(42(40,41)17-7-5-16(37)6-8-17)19-9-4-15(13-14(19)3-10-20(22)38)23(27,25(31,32)33)26(34,35)36/h4-9,13,18,20H,2-3,10-12H2,1H3/t18?,20-,22-/m1/s1.